The minimum atomic E-state index is -1.16. The van der Waals surface area contributed by atoms with Crippen LogP contribution in [0, 0.1) is 0 Å². The Morgan fingerprint density at radius 3 is 2.31 bits per heavy atom. The average Bonchev–Trinajstić information content (AvgIpc) is 2.55. The van der Waals surface area contributed by atoms with Gasteiger partial charge < -0.3 is 5.11 Å². The minimum absolute atomic E-state index is 0.219. The molecular weight excluding hydrogens is 213 g/mol. The van der Waals surface area contributed by atoms with Crippen LogP contribution in [0.25, 0.3) is 0 Å². The lowest BCUT2D eigenvalue weighted by Crippen LogP contribution is -2.21. The molecule has 0 aliphatic carbocycles. The molecule has 0 aromatic rings. The van der Waals surface area contributed by atoms with Crippen LogP contribution in [0.3, 0.4) is 0 Å². The van der Waals surface area contributed by atoms with Gasteiger partial charge in [0, 0.05) is 6.54 Å². The largest absolute Gasteiger partial charge is 0.477 e. The van der Waals surface area contributed by atoms with E-state index in [1.54, 1.807) is 0 Å². The van der Waals surface area contributed by atoms with Gasteiger partial charge in [0.2, 0.25) is 0 Å². The fourth-order valence-electron chi connectivity index (χ4n) is 1.32. The summed E-state index contributed by atoms with van der Waals surface area (Å²) in [5.74, 6) is -1.16. The van der Waals surface area contributed by atoms with Gasteiger partial charge in [-0.05, 0) is 25.9 Å². The second-order valence-corrected chi connectivity index (χ2v) is 3.84. The van der Waals surface area contributed by atoms with E-state index in [1.165, 1.54) is 0 Å². The van der Waals surface area contributed by atoms with E-state index >= 15 is 0 Å². The first kappa shape index (κ1) is 10.8. The third kappa shape index (κ3) is 3.18. The molecule has 1 heterocycles. The van der Waals surface area contributed by atoms with Crippen LogP contribution < -0.4 is 0 Å². The quantitative estimate of drug-likeness (QED) is 0.743. The van der Waals surface area contributed by atoms with Gasteiger partial charge in [0.1, 0.15) is 5.03 Å². The molecule has 0 saturated carbocycles. The summed E-state index contributed by atoms with van der Waals surface area (Å²) in [6.45, 7) is 2.40. The first-order valence-corrected chi connectivity index (χ1v) is 4.86. The molecule has 1 saturated heterocycles. The van der Waals surface area contributed by atoms with Crippen LogP contribution in [0.5, 0.6) is 0 Å². The zero-order valence-corrected chi connectivity index (χ0v) is 8.61. The molecule has 1 aliphatic rings. The number of likely N-dealkylation sites (tertiary alicyclic amines) is 1. The van der Waals surface area contributed by atoms with Gasteiger partial charge in [0.05, 0.1) is 5.03 Å². The monoisotopic (exact) mass is 223 g/mol. The lowest BCUT2D eigenvalue weighted by Gasteiger charge is -2.13. The van der Waals surface area contributed by atoms with Crippen molar-refractivity contribution in [1.82, 2.24) is 4.90 Å². The van der Waals surface area contributed by atoms with E-state index in [0.717, 1.165) is 25.9 Å². The van der Waals surface area contributed by atoms with Crippen LogP contribution in [-0.4, -0.2) is 35.6 Å². The van der Waals surface area contributed by atoms with E-state index < -0.39 is 5.97 Å². The molecule has 0 amide bonds. The van der Waals surface area contributed by atoms with E-state index in [4.69, 9.17) is 28.3 Å². The third-order valence-corrected chi connectivity index (χ3v) is 2.78. The molecule has 0 atom stereocenters. The molecule has 1 fully saturated rings. The molecule has 5 heteroatoms. The second kappa shape index (κ2) is 4.84. The Bertz CT molecular complexity index is 234. The maximum Gasteiger partial charge on any atom is 0.348 e. The maximum atomic E-state index is 10.4. The van der Waals surface area contributed by atoms with Crippen LogP contribution in [0.1, 0.15) is 12.8 Å². The molecule has 0 unspecified atom stereocenters. The number of aliphatic carboxylic acids is 1. The van der Waals surface area contributed by atoms with Crippen LogP contribution in [-0.2, 0) is 4.79 Å². The first-order valence-electron chi connectivity index (χ1n) is 4.11. The highest BCUT2D eigenvalue weighted by Crippen LogP contribution is 2.18. The highest BCUT2D eigenvalue weighted by molar-refractivity contribution is 6.47. The van der Waals surface area contributed by atoms with Crippen LogP contribution in [0.4, 0.5) is 0 Å². The number of carboxylic acid groups (broad SMARTS) is 1. The van der Waals surface area contributed by atoms with Crippen molar-refractivity contribution in [1.29, 1.82) is 0 Å². The van der Waals surface area contributed by atoms with Crippen molar-refractivity contribution in [3.05, 3.63) is 10.1 Å². The standard InChI is InChI=1S/C8H11Cl2NO2/c9-6(7(10)8(12)13)5-11-3-1-2-4-11/h1-5H2,(H,12,13). The normalized spacial score (nSPS) is 20.2. The van der Waals surface area contributed by atoms with Crippen molar-refractivity contribution in [3.8, 4) is 0 Å². The van der Waals surface area contributed by atoms with E-state index in [2.05, 4.69) is 4.90 Å². The fraction of sp³-hybridized carbons (Fsp3) is 0.625. The van der Waals surface area contributed by atoms with Crippen molar-refractivity contribution in [2.24, 2.45) is 0 Å². The predicted octanol–water partition coefficient (Wildman–Crippen LogP) is 1.86. The number of hydrogen-bond donors (Lipinski definition) is 1. The molecule has 0 aromatic heterocycles. The minimum Gasteiger partial charge on any atom is -0.477 e. The average molecular weight is 224 g/mol. The zero-order valence-electron chi connectivity index (χ0n) is 7.09. The summed E-state index contributed by atoms with van der Waals surface area (Å²) in [5.41, 5.74) is 0. The summed E-state index contributed by atoms with van der Waals surface area (Å²) in [6, 6.07) is 0. The van der Waals surface area contributed by atoms with Crippen molar-refractivity contribution in [2.75, 3.05) is 19.6 Å². The number of halogens is 2. The summed E-state index contributed by atoms with van der Waals surface area (Å²) in [5, 5.41) is 8.48. The number of rotatable bonds is 3. The Labute approximate surface area is 86.9 Å². The van der Waals surface area contributed by atoms with Gasteiger partial charge in [-0.15, -0.1) is 0 Å². The molecule has 0 bridgehead atoms. The number of nitrogens with zero attached hydrogens (tertiary/aromatic N) is 1. The second-order valence-electron chi connectivity index (χ2n) is 3.01. The van der Waals surface area contributed by atoms with Gasteiger partial charge in [0.25, 0.3) is 0 Å². The molecule has 3 nitrogen and oxygen atoms in total. The van der Waals surface area contributed by atoms with Crippen LogP contribution in [0.2, 0.25) is 0 Å². The summed E-state index contributed by atoms with van der Waals surface area (Å²) < 4.78 is 0. The Balaban J connectivity index is 2.51. The van der Waals surface area contributed by atoms with Crippen molar-refractivity contribution in [3.63, 3.8) is 0 Å². The first-order chi connectivity index (χ1) is 6.11. The Morgan fingerprint density at radius 2 is 1.85 bits per heavy atom. The molecular formula is C8H11Cl2NO2. The SMILES string of the molecule is O=C(O)C(Cl)=C(Cl)CN1CCCC1. The molecule has 1 aliphatic heterocycles. The Morgan fingerprint density at radius 1 is 1.31 bits per heavy atom. The van der Waals surface area contributed by atoms with Crippen molar-refractivity contribution in [2.45, 2.75) is 12.8 Å². The molecule has 13 heavy (non-hydrogen) atoms. The number of carboxylic acids is 1. The highest BCUT2D eigenvalue weighted by Gasteiger charge is 2.16. The molecule has 0 radical (unpaired) electrons. The number of carbonyl (C=O) groups is 1. The molecule has 1 N–H and O–H groups in total. The van der Waals surface area contributed by atoms with Crippen molar-refractivity contribution >= 4 is 29.2 Å². The smallest absolute Gasteiger partial charge is 0.348 e. The van der Waals surface area contributed by atoms with Crippen molar-refractivity contribution < 1.29 is 9.90 Å². The van der Waals surface area contributed by atoms with Gasteiger partial charge in [0.15, 0.2) is 0 Å². The Hall–Kier alpha value is -0.250. The van der Waals surface area contributed by atoms with E-state index in [-0.39, 0.29) is 10.1 Å². The van der Waals surface area contributed by atoms with Gasteiger partial charge in [-0.2, -0.15) is 0 Å². The summed E-state index contributed by atoms with van der Waals surface area (Å²) in [6.07, 6.45) is 2.30. The Kier molecular flexibility index (Phi) is 4.03. The fourth-order valence-corrected chi connectivity index (χ4v) is 1.63. The lowest BCUT2D eigenvalue weighted by atomic mass is 10.4. The van der Waals surface area contributed by atoms with Gasteiger partial charge in [-0.25, -0.2) is 4.79 Å². The summed E-state index contributed by atoms with van der Waals surface area (Å²) in [4.78, 5) is 12.5. The van der Waals surface area contributed by atoms with E-state index in [9.17, 15) is 4.79 Å². The lowest BCUT2D eigenvalue weighted by molar-refractivity contribution is -0.131. The third-order valence-electron chi connectivity index (χ3n) is 1.99. The topological polar surface area (TPSA) is 40.5 Å². The van der Waals surface area contributed by atoms with Gasteiger partial charge in [-0.3, -0.25) is 4.90 Å². The maximum absolute atomic E-state index is 10.4. The van der Waals surface area contributed by atoms with Gasteiger partial charge >= 0.3 is 5.97 Å². The summed E-state index contributed by atoms with van der Waals surface area (Å²) in [7, 11) is 0. The number of hydrogen-bond acceptors (Lipinski definition) is 2. The molecule has 1 rings (SSSR count). The zero-order chi connectivity index (χ0) is 9.84. The molecule has 0 spiro atoms. The van der Waals surface area contributed by atoms with Gasteiger partial charge in [-0.1, -0.05) is 23.2 Å². The molecule has 0 aromatic carbocycles. The van der Waals surface area contributed by atoms with E-state index in [1.807, 2.05) is 0 Å². The van der Waals surface area contributed by atoms with Crippen LogP contribution in [0.15, 0.2) is 10.1 Å². The predicted molar refractivity (Wildman–Crippen MR) is 52.0 cm³/mol. The van der Waals surface area contributed by atoms with Crippen LogP contribution >= 0.6 is 23.2 Å². The van der Waals surface area contributed by atoms with E-state index in [0.29, 0.717) is 6.54 Å². The summed E-state index contributed by atoms with van der Waals surface area (Å²) >= 11 is 11.2. The molecule has 74 valence electrons. The highest BCUT2D eigenvalue weighted by atomic mass is 35.5.